The molecule has 0 saturated carbocycles. The fourth-order valence-corrected chi connectivity index (χ4v) is 3.21. The minimum Gasteiger partial charge on any atom is -0.444 e. The number of hydrogen-bond donors (Lipinski definition) is 3. The third kappa shape index (κ3) is 10.0. The molecule has 1 atom stereocenters. The number of amides is 1. The molecule has 1 aliphatic heterocycles. The number of rotatable bonds is 2. The predicted octanol–water partition coefficient (Wildman–Crippen LogP) is 2.02. The molecule has 1 aliphatic rings. The Morgan fingerprint density at radius 2 is 1.91 bits per heavy atom. The highest BCUT2D eigenvalue weighted by atomic mass is 35.5. The molecule has 1 amide bonds. The molecule has 3 aromatic heterocycles. The fraction of sp³-hybridized carbons (Fsp3) is 0.409. The zero-order chi connectivity index (χ0) is 26.0. The second kappa shape index (κ2) is 13.6. The molecule has 4 heterocycles. The molecule has 13 heteroatoms. The Kier molecular flexibility index (Phi) is 11.2. The minimum absolute atomic E-state index is 0.0980. The molecule has 0 radical (unpaired) electrons. The number of hydrogen-bond acceptors (Lipinski definition) is 8. The lowest BCUT2D eigenvalue weighted by atomic mass is 9.81. The van der Waals surface area contributed by atoms with E-state index in [2.05, 4.69) is 9.97 Å². The Morgan fingerprint density at radius 3 is 2.46 bits per heavy atom. The van der Waals surface area contributed by atoms with E-state index in [0.717, 1.165) is 0 Å². The summed E-state index contributed by atoms with van der Waals surface area (Å²) >= 11 is 10.9. The van der Waals surface area contributed by atoms with Crippen LogP contribution in [0.15, 0.2) is 48.9 Å². The number of carbonyl (C=O) groups is 1. The van der Waals surface area contributed by atoms with Gasteiger partial charge in [0.25, 0.3) is 0 Å². The van der Waals surface area contributed by atoms with Crippen LogP contribution >= 0.6 is 23.2 Å². The molecule has 0 aromatic carbocycles. The van der Waals surface area contributed by atoms with Gasteiger partial charge in [-0.15, -0.1) is 0 Å². The number of ether oxygens (including phenoxy) is 2. The molecule has 1 unspecified atom stereocenters. The number of aromatic nitrogens is 3. The predicted molar refractivity (Wildman–Crippen MR) is 134 cm³/mol. The summed E-state index contributed by atoms with van der Waals surface area (Å²) in [5, 5.41) is 27.6. The molecule has 35 heavy (non-hydrogen) atoms. The molecular weight excluding hydrogens is 498 g/mol. The minimum atomic E-state index is -1.42. The van der Waals surface area contributed by atoms with Gasteiger partial charge >= 0.3 is 13.2 Å². The normalized spacial score (nSPS) is 15.4. The first kappa shape index (κ1) is 28.8. The SMILES string of the molecule is CC(C)(C)OC(=O)N1CCOCC1CO.Clc1cccc(Cl)n1.OB(O)c1ccn2ccnc2c1. The van der Waals surface area contributed by atoms with Gasteiger partial charge in [-0.1, -0.05) is 29.3 Å². The van der Waals surface area contributed by atoms with Crippen molar-refractivity contribution >= 4 is 47.5 Å². The number of imidazole rings is 1. The Morgan fingerprint density at radius 1 is 1.23 bits per heavy atom. The lowest BCUT2D eigenvalue weighted by molar-refractivity contribution is -0.0444. The van der Waals surface area contributed by atoms with Gasteiger partial charge in [0.15, 0.2) is 0 Å². The summed E-state index contributed by atoms with van der Waals surface area (Å²) in [7, 11) is -1.42. The first-order valence-corrected chi connectivity index (χ1v) is 11.5. The highest BCUT2D eigenvalue weighted by molar-refractivity contribution is 6.58. The average molecular weight is 527 g/mol. The van der Waals surface area contributed by atoms with E-state index in [1.54, 1.807) is 53.3 Å². The first-order valence-electron chi connectivity index (χ1n) is 10.7. The third-order valence-corrected chi connectivity index (χ3v) is 4.89. The van der Waals surface area contributed by atoms with Crippen LogP contribution in [0, 0.1) is 0 Å². The number of carbonyl (C=O) groups excluding carboxylic acids is 1. The number of morpholine rings is 1. The molecule has 0 aliphatic carbocycles. The molecule has 190 valence electrons. The van der Waals surface area contributed by atoms with Crippen LogP contribution in [0.5, 0.6) is 0 Å². The second-order valence-electron chi connectivity index (χ2n) is 8.39. The topological polar surface area (TPSA) is 130 Å². The Labute approximate surface area is 214 Å². The molecular formula is C22H29BCl2N4O6. The van der Waals surface area contributed by atoms with Gasteiger partial charge in [-0.3, -0.25) is 4.90 Å². The Bertz CT molecular complexity index is 1060. The highest BCUT2D eigenvalue weighted by Crippen LogP contribution is 2.14. The maximum absolute atomic E-state index is 11.7. The quantitative estimate of drug-likeness (QED) is 0.341. The van der Waals surface area contributed by atoms with Gasteiger partial charge < -0.3 is 29.0 Å². The Hall–Kier alpha value is -2.41. The molecule has 1 fully saturated rings. The number of halogens is 2. The summed E-state index contributed by atoms with van der Waals surface area (Å²) in [6.07, 6.45) is 4.80. The van der Waals surface area contributed by atoms with Gasteiger partial charge in [0, 0.05) is 25.1 Å². The summed E-state index contributed by atoms with van der Waals surface area (Å²) in [4.78, 5) is 20.9. The number of nitrogens with zero attached hydrogens (tertiary/aromatic N) is 4. The van der Waals surface area contributed by atoms with E-state index in [-0.39, 0.29) is 18.7 Å². The number of aliphatic hydroxyl groups is 1. The van der Waals surface area contributed by atoms with Gasteiger partial charge in [-0.2, -0.15) is 0 Å². The molecule has 0 spiro atoms. The summed E-state index contributed by atoms with van der Waals surface area (Å²) in [6, 6.07) is 8.08. The zero-order valence-electron chi connectivity index (χ0n) is 19.7. The smallest absolute Gasteiger partial charge is 0.444 e. The summed E-state index contributed by atoms with van der Waals surface area (Å²) in [5.74, 6) is 0. The lowest BCUT2D eigenvalue weighted by Gasteiger charge is -2.35. The molecule has 3 N–H and O–H groups in total. The monoisotopic (exact) mass is 526 g/mol. The summed E-state index contributed by atoms with van der Waals surface area (Å²) < 4.78 is 12.2. The van der Waals surface area contributed by atoms with Crippen molar-refractivity contribution in [1.29, 1.82) is 0 Å². The summed E-state index contributed by atoms with van der Waals surface area (Å²) in [6.45, 7) is 6.70. The van der Waals surface area contributed by atoms with Crippen molar-refractivity contribution in [3.63, 3.8) is 0 Å². The Balaban J connectivity index is 0.000000193. The fourth-order valence-electron chi connectivity index (χ4n) is 2.84. The van der Waals surface area contributed by atoms with Crippen LogP contribution in [0.3, 0.4) is 0 Å². The standard InChI is InChI=1S/C10H19NO4.C7H7BN2O2.C5H3Cl2N/c1-10(2,3)15-9(13)11-4-5-14-7-8(11)6-12;11-8(12)6-1-3-10-4-2-9-7(10)5-6;6-4-2-1-3-5(7)8-4/h8,12H,4-7H2,1-3H3;1-5,11-12H;1-3H. The van der Waals surface area contributed by atoms with Crippen molar-refractivity contribution in [2.75, 3.05) is 26.4 Å². The van der Waals surface area contributed by atoms with Crippen molar-refractivity contribution in [2.24, 2.45) is 0 Å². The zero-order valence-corrected chi connectivity index (χ0v) is 21.2. The average Bonchev–Trinajstić information content (AvgIpc) is 3.26. The van der Waals surface area contributed by atoms with E-state index in [1.165, 1.54) is 4.90 Å². The molecule has 3 aromatic rings. The van der Waals surface area contributed by atoms with Gasteiger partial charge in [0.1, 0.15) is 21.6 Å². The summed E-state index contributed by atoms with van der Waals surface area (Å²) in [5.41, 5.74) is 0.657. The van der Waals surface area contributed by atoms with Crippen LogP contribution in [0.1, 0.15) is 20.8 Å². The second-order valence-corrected chi connectivity index (χ2v) is 9.17. The van der Waals surface area contributed by atoms with Crippen molar-refractivity contribution < 1.29 is 29.4 Å². The number of pyridine rings is 2. The van der Waals surface area contributed by atoms with Crippen LogP contribution in [-0.4, -0.2) is 85.6 Å². The maximum Gasteiger partial charge on any atom is 0.488 e. The lowest BCUT2D eigenvalue weighted by Crippen LogP contribution is -2.51. The van der Waals surface area contributed by atoms with Crippen molar-refractivity contribution in [2.45, 2.75) is 32.4 Å². The van der Waals surface area contributed by atoms with Crippen molar-refractivity contribution in [1.82, 2.24) is 19.3 Å². The largest absolute Gasteiger partial charge is 0.488 e. The van der Waals surface area contributed by atoms with Crippen LogP contribution in [0.4, 0.5) is 4.79 Å². The molecule has 1 saturated heterocycles. The number of aliphatic hydroxyl groups excluding tert-OH is 1. The first-order chi connectivity index (χ1) is 16.5. The maximum atomic E-state index is 11.7. The van der Waals surface area contributed by atoms with Gasteiger partial charge in [0.05, 0.1) is 25.9 Å². The van der Waals surface area contributed by atoms with E-state index in [4.69, 9.17) is 47.8 Å². The van der Waals surface area contributed by atoms with Crippen LogP contribution in [-0.2, 0) is 9.47 Å². The molecule has 10 nitrogen and oxygen atoms in total. The van der Waals surface area contributed by atoms with Crippen LogP contribution in [0.2, 0.25) is 10.3 Å². The molecule has 0 bridgehead atoms. The molecule has 4 rings (SSSR count). The van der Waals surface area contributed by atoms with Crippen molar-refractivity contribution in [3.8, 4) is 0 Å². The van der Waals surface area contributed by atoms with E-state index in [1.807, 2.05) is 20.8 Å². The van der Waals surface area contributed by atoms with Crippen LogP contribution in [0.25, 0.3) is 5.65 Å². The van der Waals surface area contributed by atoms with Gasteiger partial charge in [0.2, 0.25) is 0 Å². The van der Waals surface area contributed by atoms with E-state index < -0.39 is 12.7 Å². The van der Waals surface area contributed by atoms with E-state index in [9.17, 15) is 4.79 Å². The van der Waals surface area contributed by atoms with Crippen LogP contribution < -0.4 is 5.46 Å². The third-order valence-electron chi connectivity index (χ3n) is 4.47. The van der Waals surface area contributed by atoms with Crippen molar-refractivity contribution in [3.05, 3.63) is 59.2 Å². The number of fused-ring (bicyclic) bond motifs is 1. The highest BCUT2D eigenvalue weighted by Gasteiger charge is 2.30. The van der Waals surface area contributed by atoms with Gasteiger partial charge in [-0.25, -0.2) is 14.8 Å². The van der Waals surface area contributed by atoms with E-state index in [0.29, 0.717) is 41.2 Å². The van der Waals surface area contributed by atoms with E-state index >= 15 is 0 Å². The van der Waals surface area contributed by atoms with Gasteiger partial charge in [-0.05, 0) is 50.5 Å².